The lowest BCUT2D eigenvalue weighted by Gasteiger charge is -2.41. The van der Waals surface area contributed by atoms with E-state index < -0.39 is 11.5 Å². The number of amides is 1. The first kappa shape index (κ1) is 19.1. The Morgan fingerprint density at radius 1 is 1.04 bits per heavy atom. The maximum Gasteiger partial charge on any atom is 0.256 e. The third-order valence-electron chi connectivity index (χ3n) is 5.59. The van der Waals surface area contributed by atoms with E-state index in [4.69, 9.17) is 4.74 Å². The van der Waals surface area contributed by atoms with Crippen LogP contribution >= 0.6 is 0 Å². The Bertz CT molecular complexity index is 793. The predicted molar refractivity (Wildman–Crippen MR) is 103 cm³/mol. The molecule has 2 aromatic carbocycles. The van der Waals surface area contributed by atoms with Crippen LogP contribution in [0.15, 0.2) is 54.6 Å². The number of hydrogen-bond donors (Lipinski definition) is 1. The maximum absolute atomic E-state index is 12.7. The molecule has 0 bridgehead atoms. The minimum absolute atomic E-state index is 0.122. The van der Waals surface area contributed by atoms with Crippen LogP contribution in [-0.2, 0) is 15.0 Å². The van der Waals surface area contributed by atoms with Crippen molar-refractivity contribution in [1.29, 1.82) is 0 Å². The normalized spacial score (nSPS) is 17.2. The molecular formula is C22H25NO4. The molecule has 1 atom stereocenters. The first-order chi connectivity index (χ1) is 13.0. The Labute approximate surface area is 159 Å². The number of rotatable bonds is 5. The van der Waals surface area contributed by atoms with Gasteiger partial charge < -0.3 is 14.7 Å². The van der Waals surface area contributed by atoms with Crippen molar-refractivity contribution in [3.63, 3.8) is 0 Å². The smallest absolute Gasteiger partial charge is 0.256 e. The van der Waals surface area contributed by atoms with Gasteiger partial charge in [-0.05, 0) is 43.0 Å². The molecule has 142 valence electrons. The molecule has 1 fully saturated rings. The van der Waals surface area contributed by atoms with Gasteiger partial charge in [0.15, 0.2) is 6.10 Å². The van der Waals surface area contributed by atoms with Crippen LogP contribution < -0.4 is 4.74 Å². The van der Waals surface area contributed by atoms with Crippen molar-refractivity contribution < 1.29 is 19.4 Å². The van der Waals surface area contributed by atoms with E-state index >= 15 is 0 Å². The molecular weight excluding hydrogens is 342 g/mol. The van der Waals surface area contributed by atoms with Crippen LogP contribution in [0.5, 0.6) is 5.75 Å². The molecule has 1 amide bonds. The Morgan fingerprint density at radius 2 is 1.63 bits per heavy atom. The number of ketones is 1. The lowest BCUT2D eigenvalue weighted by molar-refractivity contribution is -0.143. The van der Waals surface area contributed by atoms with Gasteiger partial charge in [-0.15, -0.1) is 0 Å². The van der Waals surface area contributed by atoms with E-state index in [0.717, 1.165) is 5.56 Å². The monoisotopic (exact) mass is 367 g/mol. The van der Waals surface area contributed by atoms with Crippen LogP contribution in [0.25, 0.3) is 0 Å². The fourth-order valence-corrected chi connectivity index (χ4v) is 3.81. The molecule has 5 nitrogen and oxygen atoms in total. The number of piperidine rings is 1. The number of methoxy groups -OCH3 is 1. The second-order valence-electron chi connectivity index (χ2n) is 7.01. The number of likely N-dealkylation sites (tertiary alicyclic amines) is 1. The highest BCUT2D eigenvalue weighted by molar-refractivity contribution is 5.89. The summed E-state index contributed by atoms with van der Waals surface area (Å²) >= 11 is 0. The summed E-state index contributed by atoms with van der Waals surface area (Å²) in [5, 5.41) is 10.5. The number of aliphatic hydroxyl groups excluding tert-OH is 1. The van der Waals surface area contributed by atoms with Gasteiger partial charge in [-0.3, -0.25) is 9.59 Å². The highest BCUT2D eigenvalue weighted by Crippen LogP contribution is 2.37. The molecule has 27 heavy (non-hydrogen) atoms. The summed E-state index contributed by atoms with van der Waals surface area (Å²) in [5.41, 5.74) is 0.982. The largest absolute Gasteiger partial charge is 0.497 e. The van der Waals surface area contributed by atoms with Gasteiger partial charge >= 0.3 is 0 Å². The Hall–Kier alpha value is -2.66. The zero-order chi connectivity index (χ0) is 19.4. The number of carbonyl (C=O) groups excluding carboxylic acids is 2. The standard InChI is InChI=1S/C22H25NO4/c1-16(24)22(18-6-4-3-5-7-18)12-14-23(15-13-22)21(26)20(25)17-8-10-19(27-2)11-9-17/h3-11,20,25H,12-15H2,1-2H3. The molecule has 1 N–H and O–H groups in total. The maximum atomic E-state index is 12.7. The molecule has 1 aliphatic heterocycles. The second-order valence-corrected chi connectivity index (χ2v) is 7.01. The summed E-state index contributed by atoms with van der Waals surface area (Å²) < 4.78 is 5.10. The lowest BCUT2D eigenvalue weighted by atomic mass is 9.70. The molecule has 5 heteroatoms. The van der Waals surface area contributed by atoms with Crippen molar-refractivity contribution >= 4 is 11.7 Å². The number of benzene rings is 2. The number of carbonyl (C=O) groups is 2. The summed E-state index contributed by atoms with van der Waals surface area (Å²) in [6, 6.07) is 16.6. The fraction of sp³-hybridized carbons (Fsp3) is 0.364. The molecule has 3 rings (SSSR count). The topological polar surface area (TPSA) is 66.8 Å². The van der Waals surface area contributed by atoms with Crippen molar-refractivity contribution in [3.05, 3.63) is 65.7 Å². The average molecular weight is 367 g/mol. The van der Waals surface area contributed by atoms with E-state index in [9.17, 15) is 14.7 Å². The van der Waals surface area contributed by atoms with Crippen molar-refractivity contribution in [2.75, 3.05) is 20.2 Å². The van der Waals surface area contributed by atoms with Gasteiger partial charge in [-0.1, -0.05) is 42.5 Å². The number of aliphatic hydroxyl groups is 1. The van der Waals surface area contributed by atoms with Gasteiger partial charge in [0.1, 0.15) is 11.5 Å². The number of ether oxygens (including phenoxy) is 1. The summed E-state index contributed by atoms with van der Waals surface area (Å²) in [7, 11) is 1.57. The Morgan fingerprint density at radius 3 is 2.15 bits per heavy atom. The van der Waals surface area contributed by atoms with Crippen molar-refractivity contribution in [1.82, 2.24) is 4.90 Å². The Kier molecular flexibility index (Phi) is 5.61. The van der Waals surface area contributed by atoms with Crippen LogP contribution in [0.3, 0.4) is 0 Å². The average Bonchev–Trinajstić information content (AvgIpc) is 2.73. The van der Waals surface area contributed by atoms with E-state index in [1.54, 1.807) is 43.2 Å². The van der Waals surface area contributed by atoms with E-state index in [0.29, 0.717) is 37.2 Å². The van der Waals surface area contributed by atoms with Gasteiger partial charge in [0, 0.05) is 13.1 Å². The van der Waals surface area contributed by atoms with Crippen LogP contribution in [0.2, 0.25) is 0 Å². The molecule has 2 aromatic rings. The van der Waals surface area contributed by atoms with E-state index in [1.807, 2.05) is 30.3 Å². The van der Waals surface area contributed by atoms with Crippen molar-refractivity contribution in [2.45, 2.75) is 31.3 Å². The molecule has 0 aliphatic carbocycles. The molecule has 0 saturated carbocycles. The SMILES string of the molecule is COc1ccc(C(O)C(=O)N2CCC(C(C)=O)(c3ccccc3)CC2)cc1. The van der Waals surface area contributed by atoms with Crippen molar-refractivity contribution in [2.24, 2.45) is 0 Å². The van der Waals surface area contributed by atoms with Crippen LogP contribution in [-0.4, -0.2) is 41.9 Å². The van der Waals surface area contributed by atoms with Gasteiger partial charge in [-0.2, -0.15) is 0 Å². The quantitative estimate of drug-likeness (QED) is 0.882. The van der Waals surface area contributed by atoms with Crippen LogP contribution in [0.4, 0.5) is 0 Å². The number of Topliss-reactive ketones (excluding diaryl/α,β-unsaturated/α-hetero) is 1. The minimum atomic E-state index is -1.21. The fourth-order valence-electron chi connectivity index (χ4n) is 3.81. The molecule has 1 aliphatic rings. The molecule has 1 unspecified atom stereocenters. The van der Waals surface area contributed by atoms with Gasteiger partial charge in [0.2, 0.25) is 0 Å². The first-order valence-corrected chi connectivity index (χ1v) is 9.15. The molecule has 0 aromatic heterocycles. The second kappa shape index (κ2) is 7.92. The summed E-state index contributed by atoms with van der Waals surface area (Å²) in [5.74, 6) is 0.465. The predicted octanol–water partition coefficient (Wildman–Crippen LogP) is 2.88. The zero-order valence-corrected chi connectivity index (χ0v) is 15.7. The van der Waals surface area contributed by atoms with Crippen LogP contribution in [0.1, 0.15) is 37.0 Å². The van der Waals surface area contributed by atoms with Gasteiger partial charge in [0.25, 0.3) is 5.91 Å². The zero-order valence-electron chi connectivity index (χ0n) is 15.7. The highest BCUT2D eigenvalue weighted by atomic mass is 16.5. The third kappa shape index (κ3) is 3.74. The third-order valence-corrected chi connectivity index (χ3v) is 5.59. The summed E-state index contributed by atoms with van der Waals surface area (Å²) in [6.07, 6.45) is -0.0849. The molecule has 1 saturated heterocycles. The summed E-state index contributed by atoms with van der Waals surface area (Å²) in [4.78, 5) is 26.8. The van der Waals surface area contributed by atoms with E-state index in [1.165, 1.54) is 0 Å². The number of hydrogen-bond acceptors (Lipinski definition) is 4. The van der Waals surface area contributed by atoms with Crippen LogP contribution in [0, 0.1) is 0 Å². The van der Waals surface area contributed by atoms with Crippen molar-refractivity contribution in [3.8, 4) is 5.75 Å². The van der Waals surface area contributed by atoms with E-state index in [2.05, 4.69) is 0 Å². The lowest BCUT2D eigenvalue weighted by Crippen LogP contribution is -2.49. The van der Waals surface area contributed by atoms with E-state index in [-0.39, 0.29) is 11.7 Å². The van der Waals surface area contributed by atoms with Gasteiger partial charge in [0.05, 0.1) is 12.5 Å². The van der Waals surface area contributed by atoms with Gasteiger partial charge in [-0.25, -0.2) is 0 Å². The number of nitrogens with zero attached hydrogens (tertiary/aromatic N) is 1. The first-order valence-electron chi connectivity index (χ1n) is 9.15. The molecule has 0 radical (unpaired) electrons. The molecule has 0 spiro atoms. The minimum Gasteiger partial charge on any atom is -0.497 e. The molecule has 1 heterocycles. The summed E-state index contributed by atoms with van der Waals surface area (Å²) in [6.45, 7) is 2.51. The Balaban J connectivity index is 1.72. The highest BCUT2D eigenvalue weighted by Gasteiger charge is 2.42.